The van der Waals surface area contributed by atoms with Crippen LogP contribution < -0.4 is 0 Å². The molecule has 2 nitrogen and oxygen atoms in total. The van der Waals surface area contributed by atoms with Gasteiger partial charge in [-0.2, -0.15) is 0 Å². The van der Waals surface area contributed by atoms with Crippen LogP contribution in [-0.2, 0) is 4.74 Å². The second kappa shape index (κ2) is 2.96. The van der Waals surface area contributed by atoms with Crippen molar-refractivity contribution in [2.75, 3.05) is 26.2 Å². The zero-order valence-corrected chi connectivity index (χ0v) is 8.30. The number of likely N-dealkylation sites (tertiary alicyclic amines) is 1. The van der Waals surface area contributed by atoms with Gasteiger partial charge in [-0.1, -0.05) is 12.8 Å². The van der Waals surface area contributed by atoms with Gasteiger partial charge in [0.05, 0.1) is 12.7 Å². The lowest BCUT2D eigenvalue weighted by Gasteiger charge is -2.23. The zero-order valence-electron chi connectivity index (χ0n) is 8.30. The van der Waals surface area contributed by atoms with Gasteiger partial charge in [0.25, 0.3) is 0 Å². The van der Waals surface area contributed by atoms with Crippen LogP contribution in [0.2, 0.25) is 0 Å². The van der Waals surface area contributed by atoms with Gasteiger partial charge in [-0.15, -0.1) is 0 Å². The molecule has 2 heteroatoms. The predicted molar refractivity (Wildman–Crippen MR) is 51.7 cm³/mol. The minimum absolute atomic E-state index is 0.594. The van der Waals surface area contributed by atoms with E-state index in [1.165, 1.54) is 51.7 Å². The second-order valence-corrected chi connectivity index (χ2v) is 5.15. The summed E-state index contributed by atoms with van der Waals surface area (Å²) in [6.45, 7) is 4.93. The van der Waals surface area contributed by atoms with Gasteiger partial charge in [-0.05, 0) is 31.2 Å². The molecule has 3 aliphatic rings. The molecule has 0 aromatic heterocycles. The minimum Gasteiger partial charge on any atom is -0.372 e. The average molecular weight is 181 g/mol. The van der Waals surface area contributed by atoms with Crippen LogP contribution in [0.25, 0.3) is 0 Å². The van der Waals surface area contributed by atoms with Crippen LogP contribution in [0, 0.1) is 5.41 Å². The van der Waals surface area contributed by atoms with Crippen LogP contribution in [0.15, 0.2) is 0 Å². The molecule has 0 aromatic carbocycles. The average Bonchev–Trinajstić information content (AvgIpc) is 2.69. The molecule has 3 rings (SSSR count). The van der Waals surface area contributed by atoms with Crippen molar-refractivity contribution >= 4 is 0 Å². The van der Waals surface area contributed by atoms with E-state index in [0.717, 1.165) is 12.0 Å². The summed E-state index contributed by atoms with van der Waals surface area (Å²) in [6.07, 6.45) is 8.00. The molecule has 3 fully saturated rings. The van der Waals surface area contributed by atoms with E-state index in [4.69, 9.17) is 4.74 Å². The second-order valence-electron chi connectivity index (χ2n) is 5.15. The first-order valence-corrected chi connectivity index (χ1v) is 5.70. The highest BCUT2D eigenvalue weighted by atomic mass is 16.6. The smallest absolute Gasteiger partial charge is 0.0936 e. The summed E-state index contributed by atoms with van der Waals surface area (Å²) >= 11 is 0. The van der Waals surface area contributed by atoms with E-state index in [0.29, 0.717) is 6.10 Å². The maximum atomic E-state index is 5.28. The molecule has 1 aliphatic carbocycles. The van der Waals surface area contributed by atoms with Crippen LogP contribution in [0.4, 0.5) is 0 Å². The summed E-state index contributed by atoms with van der Waals surface area (Å²) in [5.74, 6) is 0. The Kier molecular flexibility index (Phi) is 1.88. The van der Waals surface area contributed by atoms with E-state index < -0.39 is 0 Å². The Hall–Kier alpha value is -0.0800. The van der Waals surface area contributed by atoms with Gasteiger partial charge in [0.2, 0.25) is 0 Å². The lowest BCUT2D eigenvalue weighted by Crippen LogP contribution is -2.28. The topological polar surface area (TPSA) is 15.8 Å². The van der Waals surface area contributed by atoms with E-state index in [1.807, 2.05) is 0 Å². The number of nitrogens with zero attached hydrogens (tertiary/aromatic N) is 1. The van der Waals surface area contributed by atoms with Crippen molar-refractivity contribution in [3.05, 3.63) is 0 Å². The Morgan fingerprint density at radius 1 is 1.23 bits per heavy atom. The third-order valence-electron chi connectivity index (χ3n) is 4.05. The molecule has 0 radical (unpaired) electrons. The molecule has 0 amide bonds. The molecule has 0 unspecified atom stereocenters. The predicted octanol–water partition coefficient (Wildman–Crippen LogP) is 1.65. The fourth-order valence-corrected chi connectivity index (χ4v) is 3.18. The molecule has 1 spiro atoms. The largest absolute Gasteiger partial charge is 0.372 e. The Morgan fingerprint density at radius 3 is 2.69 bits per heavy atom. The third-order valence-corrected chi connectivity index (χ3v) is 4.05. The van der Waals surface area contributed by atoms with Crippen LogP contribution in [-0.4, -0.2) is 37.2 Å². The third kappa shape index (κ3) is 1.62. The van der Waals surface area contributed by atoms with Crippen LogP contribution in [0.3, 0.4) is 0 Å². The first-order chi connectivity index (χ1) is 6.36. The molecule has 1 saturated carbocycles. The van der Waals surface area contributed by atoms with Crippen molar-refractivity contribution in [2.45, 2.75) is 38.2 Å². The highest BCUT2D eigenvalue weighted by Gasteiger charge is 2.41. The van der Waals surface area contributed by atoms with Crippen LogP contribution in [0.5, 0.6) is 0 Å². The summed E-state index contributed by atoms with van der Waals surface area (Å²) < 4.78 is 5.28. The van der Waals surface area contributed by atoms with Gasteiger partial charge in [0.1, 0.15) is 0 Å². The Labute approximate surface area is 80.2 Å². The number of epoxide rings is 1. The number of ether oxygens (including phenoxy) is 1. The van der Waals surface area contributed by atoms with Crippen molar-refractivity contribution < 1.29 is 4.74 Å². The molecular weight excluding hydrogens is 162 g/mol. The Bertz CT molecular complexity index is 194. The summed E-state index contributed by atoms with van der Waals surface area (Å²) in [5.41, 5.74) is 0.745. The Morgan fingerprint density at radius 2 is 2.00 bits per heavy atom. The summed E-state index contributed by atoms with van der Waals surface area (Å²) in [4.78, 5) is 2.63. The monoisotopic (exact) mass is 181 g/mol. The maximum Gasteiger partial charge on any atom is 0.0936 e. The normalized spacial score (nSPS) is 37.4. The summed E-state index contributed by atoms with van der Waals surface area (Å²) in [5, 5.41) is 0. The molecule has 2 aliphatic heterocycles. The standard InChI is InChI=1S/C11H19NO/c1-2-4-11(3-1)5-6-12(9-11)7-10-8-13-10/h10H,1-9H2/t10-/m1/s1. The number of rotatable bonds is 2. The van der Waals surface area contributed by atoms with E-state index in [-0.39, 0.29) is 0 Å². The molecular formula is C11H19NO. The lowest BCUT2D eigenvalue weighted by molar-refractivity contribution is 0.240. The van der Waals surface area contributed by atoms with Gasteiger partial charge in [-0.3, -0.25) is 0 Å². The molecule has 1 atom stereocenters. The summed E-state index contributed by atoms with van der Waals surface area (Å²) in [7, 11) is 0. The minimum atomic E-state index is 0.594. The maximum absolute atomic E-state index is 5.28. The highest BCUT2D eigenvalue weighted by Crippen LogP contribution is 2.45. The van der Waals surface area contributed by atoms with Gasteiger partial charge in [-0.25, -0.2) is 0 Å². The van der Waals surface area contributed by atoms with Crippen molar-refractivity contribution in [3.8, 4) is 0 Å². The van der Waals surface area contributed by atoms with Crippen LogP contribution in [0.1, 0.15) is 32.1 Å². The van der Waals surface area contributed by atoms with Gasteiger partial charge in [0, 0.05) is 13.1 Å². The van der Waals surface area contributed by atoms with Crippen molar-refractivity contribution in [3.63, 3.8) is 0 Å². The molecule has 13 heavy (non-hydrogen) atoms. The van der Waals surface area contributed by atoms with E-state index in [9.17, 15) is 0 Å². The van der Waals surface area contributed by atoms with Crippen molar-refractivity contribution in [2.24, 2.45) is 5.41 Å². The van der Waals surface area contributed by atoms with E-state index in [2.05, 4.69) is 4.90 Å². The van der Waals surface area contributed by atoms with Gasteiger partial charge < -0.3 is 9.64 Å². The quantitative estimate of drug-likeness (QED) is 0.602. The summed E-state index contributed by atoms with van der Waals surface area (Å²) in [6, 6.07) is 0. The van der Waals surface area contributed by atoms with Crippen LogP contribution >= 0.6 is 0 Å². The van der Waals surface area contributed by atoms with E-state index >= 15 is 0 Å². The lowest BCUT2D eigenvalue weighted by atomic mass is 9.86. The number of hydrogen-bond donors (Lipinski definition) is 0. The molecule has 74 valence electrons. The first-order valence-electron chi connectivity index (χ1n) is 5.70. The van der Waals surface area contributed by atoms with Gasteiger partial charge >= 0.3 is 0 Å². The molecule has 2 heterocycles. The zero-order chi connectivity index (χ0) is 8.73. The Balaban J connectivity index is 1.57. The van der Waals surface area contributed by atoms with E-state index in [1.54, 1.807) is 0 Å². The fraction of sp³-hybridized carbons (Fsp3) is 1.00. The number of hydrogen-bond acceptors (Lipinski definition) is 2. The van der Waals surface area contributed by atoms with Crippen molar-refractivity contribution in [1.29, 1.82) is 0 Å². The highest BCUT2D eigenvalue weighted by molar-refractivity contribution is 4.94. The van der Waals surface area contributed by atoms with Gasteiger partial charge in [0.15, 0.2) is 0 Å². The molecule has 0 bridgehead atoms. The molecule has 0 N–H and O–H groups in total. The fourth-order valence-electron chi connectivity index (χ4n) is 3.18. The van der Waals surface area contributed by atoms with Crippen molar-refractivity contribution in [1.82, 2.24) is 4.90 Å². The SMILES string of the molecule is C1CCC2(C1)CCN(C[C@@H]1CO1)C2. The first kappa shape index (κ1) is 8.25. The molecule has 0 aromatic rings. The molecule has 2 saturated heterocycles.